The molecule has 3 nitrogen and oxygen atoms in total. The summed E-state index contributed by atoms with van der Waals surface area (Å²) in [6.45, 7) is 0. The van der Waals surface area contributed by atoms with E-state index in [0.29, 0.717) is 18.1 Å². The lowest BCUT2D eigenvalue weighted by atomic mass is 9.79. The summed E-state index contributed by atoms with van der Waals surface area (Å²) < 4.78 is 9.21. The van der Waals surface area contributed by atoms with Crippen LogP contribution in [0.4, 0.5) is 0 Å². The number of likely N-dealkylation sites (N-methyl/N-ethyl adjacent to an activating group) is 1. The molecule has 1 aromatic heterocycles. The van der Waals surface area contributed by atoms with Crippen LogP contribution in [0.5, 0.6) is 0 Å². The van der Waals surface area contributed by atoms with Crippen LogP contribution in [0.1, 0.15) is 24.3 Å². The van der Waals surface area contributed by atoms with Crippen LogP contribution in [0, 0.1) is 5.92 Å². The molecule has 0 spiro atoms. The smallest absolute Gasteiger partial charge is 0.264 e. The van der Waals surface area contributed by atoms with E-state index in [1.165, 1.54) is 33.8 Å². The summed E-state index contributed by atoms with van der Waals surface area (Å²) in [6, 6.07) is 9.21. The largest absolute Gasteiger partial charge is 0.381 e. The van der Waals surface area contributed by atoms with Crippen molar-refractivity contribution in [2.24, 2.45) is 13.0 Å². The van der Waals surface area contributed by atoms with Gasteiger partial charge in [-0.25, -0.2) is 0 Å². The van der Waals surface area contributed by atoms with E-state index in [0.717, 1.165) is 6.42 Å². The summed E-state index contributed by atoms with van der Waals surface area (Å²) >= 11 is 1.86. The summed E-state index contributed by atoms with van der Waals surface area (Å²) in [5.41, 5.74) is 2.62. The van der Waals surface area contributed by atoms with Crippen molar-refractivity contribution in [2.75, 3.05) is 14.2 Å². The maximum atomic E-state index is 5.58. The Morgan fingerprint density at radius 1 is 1.29 bits per heavy atom. The van der Waals surface area contributed by atoms with Crippen molar-refractivity contribution in [2.45, 2.75) is 31.4 Å². The zero-order chi connectivity index (χ0) is 16.7. The molecule has 0 saturated heterocycles. The van der Waals surface area contributed by atoms with Gasteiger partial charge in [0.15, 0.2) is 0 Å². The summed E-state index contributed by atoms with van der Waals surface area (Å²) in [5.74, 6) is 0.613. The predicted molar refractivity (Wildman–Crippen MR) is 99.8 cm³/mol. The van der Waals surface area contributed by atoms with Gasteiger partial charge in [-0.05, 0) is 37.3 Å². The third-order valence-electron chi connectivity index (χ3n) is 5.61. The minimum atomic E-state index is 0.426. The summed E-state index contributed by atoms with van der Waals surface area (Å²) in [6.07, 6.45) is 11.0. The van der Waals surface area contributed by atoms with Gasteiger partial charge in [-0.15, -0.1) is 0 Å². The van der Waals surface area contributed by atoms with Crippen LogP contribution < -0.4 is 4.57 Å². The van der Waals surface area contributed by atoms with Crippen molar-refractivity contribution < 1.29 is 9.30 Å². The number of hydrogen-bond acceptors (Lipinski definition) is 3. The van der Waals surface area contributed by atoms with E-state index in [9.17, 15) is 0 Å². The fourth-order valence-corrected chi connectivity index (χ4v) is 5.20. The van der Waals surface area contributed by atoms with Crippen LogP contribution in [0.3, 0.4) is 0 Å². The molecule has 4 heteroatoms. The number of nitrogens with zero attached hydrogens (tertiary/aromatic N) is 2. The average Bonchev–Trinajstić information content (AvgIpc) is 2.93. The monoisotopic (exact) mass is 341 g/mol. The molecule has 3 atom stereocenters. The maximum Gasteiger partial charge on any atom is 0.264 e. The first-order chi connectivity index (χ1) is 11.7. The molecule has 2 aromatic rings. The highest BCUT2D eigenvalue weighted by atomic mass is 32.1. The number of para-hydroxylation sites is 1. The average molecular weight is 342 g/mol. The van der Waals surface area contributed by atoms with Crippen molar-refractivity contribution in [1.29, 1.82) is 0 Å². The highest BCUT2D eigenvalue weighted by Gasteiger charge is 2.34. The van der Waals surface area contributed by atoms with Gasteiger partial charge in [-0.1, -0.05) is 29.5 Å². The van der Waals surface area contributed by atoms with Crippen molar-refractivity contribution in [3.05, 3.63) is 47.1 Å². The second-order valence-electron chi connectivity index (χ2n) is 6.91. The molecule has 3 unspecified atom stereocenters. The predicted octanol–water partition coefficient (Wildman–Crippen LogP) is 3.75. The Labute approximate surface area is 147 Å². The van der Waals surface area contributed by atoms with E-state index in [2.05, 4.69) is 66.1 Å². The van der Waals surface area contributed by atoms with Gasteiger partial charge in [-0.3, -0.25) is 0 Å². The molecule has 1 aliphatic heterocycles. The fourth-order valence-electron chi connectivity index (χ4n) is 4.11. The van der Waals surface area contributed by atoms with Crippen LogP contribution >= 0.6 is 11.3 Å². The Morgan fingerprint density at radius 3 is 2.92 bits per heavy atom. The summed E-state index contributed by atoms with van der Waals surface area (Å²) in [4.78, 5) is 2.47. The Kier molecular flexibility index (Phi) is 4.19. The van der Waals surface area contributed by atoms with Gasteiger partial charge >= 0.3 is 0 Å². The lowest BCUT2D eigenvalue weighted by Crippen LogP contribution is -2.44. The molecule has 4 rings (SSSR count). The number of fused-ring (bicyclic) bond motifs is 2. The minimum absolute atomic E-state index is 0.426. The van der Waals surface area contributed by atoms with Gasteiger partial charge in [0.05, 0.1) is 6.10 Å². The van der Waals surface area contributed by atoms with Crippen LogP contribution in [-0.4, -0.2) is 31.2 Å². The molecule has 2 heterocycles. The molecule has 2 aliphatic rings. The number of allylic oxidation sites excluding steroid dienone is 1. The van der Waals surface area contributed by atoms with Gasteiger partial charge in [0.1, 0.15) is 11.7 Å². The topological polar surface area (TPSA) is 16.4 Å². The molecule has 0 bridgehead atoms. The molecule has 0 radical (unpaired) electrons. The molecule has 0 N–H and O–H groups in total. The number of hydrogen-bond donors (Lipinski definition) is 0. The number of ether oxygens (including phenoxy) is 1. The normalized spacial score (nSPS) is 28.5. The zero-order valence-electron chi connectivity index (χ0n) is 14.6. The van der Waals surface area contributed by atoms with E-state index in [1.807, 2.05) is 18.4 Å². The Balaban J connectivity index is 1.66. The number of benzene rings is 1. The van der Waals surface area contributed by atoms with Gasteiger partial charge in [0, 0.05) is 38.0 Å². The van der Waals surface area contributed by atoms with Gasteiger partial charge < -0.3 is 9.64 Å². The lowest BCUT2D eigenvalue weighted by Gasteiger charge is -2.43. The molecule has 126 valence electrons. The van der Waals surface area contributed by atoms with Crippen molar-refractivity contribution in [3.63, 3.8) is 0 Å². The molecule has 24 heavy (non-hydrogen) atoms. The maximum absolute atomic E-state index is 5.58. The molecular weight excluding hydrogens is 316 g/mol. The van der Waals surface area contributed by atoms with Crippen LogP contribution in [0.15, 0.2) is 42.1 Å². The van der Waals surface area contributed by atoms with Gasteiger partial charge in [0.2, 0.25) is 5.52 Å². The molecular formula is C20H25N2OS+. The highest BCUT2D eigenvalue weighted by molar-refractivity contribution is 7.18. The van der Waals surface area contributed by atoms with Crippen molar-refractivity contribution in [3.8, 4) is 0 Å². The second kappa shape index (κ2) is 6.34. The van der Waals surface area contributed by atoms with E-state index < -0.39 is 0 Å². The first-order valence-electron chi connectivity index (χ1n) is 8.70. The van der Waals surface area contributed by atoms with Gasteiger partial charge in [0.25, 0.3) is 5.01 Å². The Morgan fingerprint density at radius 2 is 2.12 bits per heavy atom. The van der Waals surface area contributed by atoms with Crippen LogP contribution in [0.25, 0.3) is 16.3 Å². The number of aromatic nitrogens is 1. The van der Waals surface area contributed by atoms with E-state index in [-0.39, 0.29) is 0 Å². The van der Waals surface area contributed by atoms with Crippen LogP contribution in [0.2, 0.25) is 0 Å². The third kappa shape index (κ3) is 2.68. The first-order valence-corrected chi connectivity index (χ1v) is 9.52. The standard InChI is InChI=1S/C20H25N2OS/c1-21-15(9-8-14-12-16(23-3)10-11-17(14)21)13-20-22(2)18-6-4-5-7-19(18)24-20/h4-9,13-14,16-17H,10-12H2,1-3H3/q+1. The number of rotatable bonds is 2. The number of methoxy groups -OCH3 is 1. The quantitative estimate of drug-likeness (QED) is 0.774. The molecule has 1 fully saturated rings. The fraction of sp³-hybridized carbons (Fsp3) is 0.450. The van der Waals surface area contributed by atoms with Gasteiger partial charge in [-0.2, -0.15) is 4.57 Å². The molecule has 1 aromatic carbocycles. The van der Waals surface area contributed by atoms with E-state index in [1.54, 1.807) is 0 Å². The minimum Gasteiger partial charge on any atom is -0.381 e. The molecule has 1 saturated carbocycles. The molecule has 1 aliphatic carbocycles. The van der Waals surface area contributed by atoms with Crippen molar-refractivity contribution >= 4 is 27.6 Å². The SMILES string of the molecule is COC1CCC2C(C=C/C(=C\c3sc4ccccc4[n+]3C)N2C)C1. The third-order valence-corrected chi connectivity index (χ3v) is 6.78. The Bertz CT molecular complexity index is 807. The summed E-state index contributed by atoms with van der Waals surface area (Å²) in [7, 11) is 6.24. The first kappa shape index (κ1) is 15.9. The summed E-state index contributed by atoms with van der Waals surface area (Å²) in [5, 5.41) is 1.30. The lowest BCUT2D eigenvalue weighted by molar-refractivity contribution is -0.642. The molecule has 0 amide bonds. The zero-order valence-corrected chi connectivity index (χ0v) is 15.4. The second-order valence-corrected chi connectivity index (χ2v) is 7.97. The van der Waals surface area contributed by atoms with Crippen molar-refractivity contribution in [1.82, 2.24) is 4.90 Å². The van der Waals surface area contributed by atoms with E-state index >= 15 is 0 Å². The highest BCUT2D eigenvalue weighted by Crippen LogP contribution is 2.36. The van der Waals surface area contributed by atoms with E-state index in [4.69, 9.17) is 4.74 Å². The number of thiazole rings is 1. The van der Waals surface area contributed by atoms with Crippen LogP contribution in [-0.2, 0) is 11.8 Å². The Hall–Kier alpha value is -1.65. The number of aryl methyl sites for hydroxylation is 1.